The quantitative estimate of drug-likeness (QED) is 0.702. The van der Waals surface area contributed by atoms with Crippen molar-refractivity contribution < 1.29 is 19.1 Å². The van der Waals surface area contributed by atoms with Crippen LogP contribution in [0.4, 0.5) is 0 Å². The van der Waals surface area contributed by atoms with Crippen LogP contribution in [0.3, 0.4) is 0 Å². The van der Waals surface area contributed by atoms with Crippen molar-refractivity contribution in [3.63, 3.8) is 0 Å². The molecule has 0 aromatic heterocycles. The maximum atomic E-state index is 12.5. The van der Waals surface area contributed by atoms with E-state index in [-0.39, 0.29) is 18.2 Å². The molecule has 25 heavy (non-hydrogen) atoms. The molecule has 0 heterocycles. The van der Waals surface area contributed by atoms with Gasteiger partial charge in [0.1, 0.15) is 12.1 Å². The zero-order chi connectivity index (χ0) is 19.1. The molecule has 8 heteroatoms. The van der Waals surface area contributed by atoms with Gasteiger partial charge in [0.25, 0.3) is 0 Å². The molecule has 0 aliphatic heterocycles. The minimum absolute atomic E-state index is 0.0712. The summed E-state index contributed by atoms with van der Waals surface area (Å²) in [4.78, 5) is 35.9. The summed E-state index contributed by atoms with van der Waals surface area (Å²) < 4.78 is 4.76. The highest BCUT2D eigenvalue weighted by atomic mass is 35.5. The van der Waals surface area contributed by atoms with E-state index in [9.17, 15) is 14.4 Å². The number of halogens is 2. The van der Waals surface area contributed by atoms with Gasteiger partial charge < -0.3 is 15.4 Å². The second-order valence-corrected chi connectivity index (χ2v) is 6.73. The molecule has 0 aliphatic carbocycles. The number of hydrogen-bond acceptors (Lipinski definition) is 4. The molecule has 1 aromatic rings. The van der Waals surface area contributed by atoms with Gasteiger partial charge in [0.2, 0.25) is 11.8 Å². The van der Waals surface area contributed by atoms with E-state index in [2.05, 4.69) is 10.6 Å². The summed E-state index contributed by atoms with van der Waals surface area (Å²) in [6.07, 6.45) is 0.0712. The molecule has 0 saturated heterocycles. The van der Waals surface area contributed by atoms with Crippen LogP contribution in [0.15, 0.2) is 18.2 Å². The fourth-order valence-electron chi connectivity index (χ4n) is 2.28. The highest BCUT2D eigenvalue weighted by Gasteiger charge is 2.29. The van der Waals surface area contributed by atoms with Gasteiger partial charge in [-0.1, -0.05) is 43.1 Å². The fraction of sp³-hybridized carbons (Fsp3) is 0.471. The number of methoxy groups -OCH3 is 1. The first kappa shape index (κ1) is 21.3. The van der Waals surface area contributed by atoms with Crippen molar-refractivity contribution in [2.45, 2.75) is 39.3 Å². The van der Waals surface area contributed by atoms with Crippen LogP contribution in [0.5, 0.6) is 0 Å². The Morgan fingerprint density at radius 3 is 2.12 bits per heavy atom. The van der Waals surface area contributed by atoms with Crippen LogP contribution in [0.25, 0.3) is 0 Å². The van der Waals surface area contributed by atoms with Gasteiger partial charge in [0.05, 0.1) is 7.11 Å². The van der Waals surface area contributed by atoms with Crippen LogP contribution < -0.4 is 10.6 Å². The Bertz CT molecular complexity index is 629. The molecule has 0 unspecified atom stereocenters. The van der Waals surface area contributed by atoms with E-state index in [1.54, 1.807) is 32.0 Å². The van der Waals surface area contributed by atoms with Crippen molar-refractivity contribution in [3.8, 4) is 0 Å². The van der Waals surface area contributed by atoms with Gasteiger partial charge in [-0.3, -0.25) is 9.59 Å². The third-order valence-electron chi connectivity index (χ3n) is 3.58. The molecular weight excluding hydrogens is 367 g/mol. The Hall–Kier alpha value is -1.79. The van der Waals surface area contributed by atoms with Crippen molar-refractivity contribution in [1.82, 2.24) is 10.6 Å². The molecule has 0 bridgehead atoms. The van der Waals surface area contributed by atoms with E-state index >= 15 is 0 Å². The number of carbonyl (C=O) groups is 3. The third-order valence-corrected chi connectivity index (χ3v) is 4.29. The van der Waals surface area contributed by atoms with Crippen LogP contribution in [0, 0.1) is 5.92 Å². The molecule has 2 atom stereocenters. The first-order valence-corrected chi connectivity index (χ1v) is 8.51. The summed E-state index contributed by atoms with van der Waals surface area (Å²) >= 11 is 12.3. The highest BCUT2D eigenvalue weighted by molar-refractivity contribution is 6.36. The van der Waals surface area contributed by atoms with Crippen molar-refractivity contribution in [2.75, 3.05) is 7.11 Å². The van der Waals surface area contributed by atoms with Gasteiger partial charge in [-0.25, -0.2) is 4.79 Å². The van der Waals surface area contributed by atoms with E-state index in [0.717, 1.165) is 0 Å². The van der Waals surface area contributed by atoms with Gasteiger partial charge in [0.15, 0.2) is 0 Å². The molecule has 2 amide bonds. The maximum absolute atomic E-state index is 12.5. The summed E-state index contributed by atoms with van der Waals surface area (Å²) in [7, 11) is 1.23. The Morgan fingerprint density at radius 2 is 1.68 bits per heavy atom. The number of benzene rings is 1. The molecule has 0 fully saturated rings. The molecule has 1 rings (SSSR count). The van der Waals surface area contributed by atoms with Gasteiger partial charge >= 0.3 is 5.97 Å². The van der Waals surface area contributed by atoms with Crippen LogP contribution in [-0.2, 0) is 25.5 Å². The fourth-order valence-corrected chi connectivity index (χ4v) is 2.83. The standard InChI is InChI=1S/C17H22Cl2N2O4/c1-9(2)15(20-10(3)22)16(23)21-14(17(24)25-4)8-11-12(18)6-5-7-13(11)19/h5-7,9,14-15H,8H2,1-4H3,(H,20,22)(H,21,23)/t14-,15-/m1/s1. The molecule has 6 nitrogen and oxygen atoms in total. The van der Waals surface area contributed by atoms with Crippen LogP contribution in [-0.4, -0.2) is 37.0 Å². The zero-order valence-corrected chi connectivity index (χ0v) is 16.1. The predicted octanol–water partition coefficient (Wildman–Crippen LogP) is 2.35. The Labute approximate surface area is 157 Å². The normalized spacial score (nSPS) is 13.1. The number of hydrogen-bond donors (Lipinski definition) is 2. The van der Waals surface area contributed by atoms with Gasteiger partial charge in [-0.15, -0.1) is 0 Å². The summed E-state index contributed by atoms with van der Waals surface area (Å²) in [6, 6.07) is 3.22. The SMILES string of the molecule is COC(=O)[C@@H](Cc1c(Cl)cccc1Cl)NC(=O)[C@H](NC(C)=O)C(C)C. The van der Waals surface area contributed by atoms with E-state index in [1.807, 2.05) is 0 Å². The van der Waals surface area contributed by atoms with Crippen LogP contribution in [0.2, 0.25) is 10.0 Å². The number of carbonyl (C=O) groups excluding carboxylic acids is 3. The molecule has 1 aromatic carbocycles. The molecule has 0 radical (unpaired) electrons. The van der Waals surface area contributed by atoms with Gasteiger partial charge in [-0.05, 0) is 23.6 Å². The Kier molecular flexibility index (Phi) is 8.19. The largest absolute Gasteiger partial charge is 0.467 e. The van der Waals surface area contributed by atoms with Crippen molar-refractivity contribution in [2.24, 2.45) is 5.92 Å². The smallest absolute Gasteiger partial charge is 0.328 e. The van der Waals surface area contributed by atoms with Crippen molar-refractivity contribution in [1.29, 1.82) is 0 Å². The molecule has 2 N–H and O–H groups in total. The summed E-state index contributed by atoms with van der Waals surface area (Å²) in [6.45, 7) is 4.90. The molecule has 138 valence electrons. The number of rotatable bonds is 7. The molecule has 0 spiro atoms. The second-order valence-electron chi connectivity index (χ2n) is 5.91. The highest BCUT2D eigenvalue weighted by Crippen LogP contribution is 2.25. The molecular formula is C17H22Cl2N2O4. The van der Waals surface area contributed by atoms with E-state index in [4.69, 9.17) is 27.9 Å². The van der Waals surface area contributed by atoms with E-state index in [1.165, 1.54) is 14.0 Å². The predicted molar refractivity (Wildman–Crippen MR) is 96.6 cm³/mol. The summed E-state index contributed by atoms with van der Waals surface area (Å²) in [5.41, 5.74) is 0.530. The number of ether oxygens (including phenoxy) is 1. The Morgan fingerprint density at radius 1 is 1.12 bits per heavy atom. The lowest BCUT2D eigenvalue weighted by Gasteiger charge is -2.24. The molecule has 0 saturated carbocycles. The van der Waals surface area contributed by atoms with Gasteiger partial charge in [0, 0.05) is 23.4 Å². The lowest BCUT2D eigenvalue weighted by molar-refractivity contribution is -0.145. The minimum Gasteiger partial charge on any atom is -0.467 e. The number of nitrogens with one attached hydrogen (secondary N) is 2. The number of esters is 1. The first-order valence-electron chi connectivity index (χ1n) is 7.75. The maximum Gasteiger partial charge on any atom is 0.328 e. The third kappa shape index (κ3) is 6.21. The van der Waals surface area contributed by atoms with Crippen LogP contribution >= 0.6 is 23.2 Å². The monoisotopic (exact) mass is 388 g/mol. The van der Waals surface area contributed by atoms with Crippen molar-refractivity contribution in [3.05, 3.63) is 33.8 Å². The van der Waals surface area contributed by atoms with E-state index < -0.39 is 24.0 Å². The topological polar surface area (TPSA) is 84.5 Å². The van der Waals surface area contributed by atoms with Gasteiger partial charge in [-0.2, -0.15) is 0 Å². The van der Waals surface area contributed by atoms with Crippen molar-refractivity contribution >= 4 is 41.0 Å². The average Bonchev–Trinajstić information content (AvgIpc) is 2.53. The minimum atomic E-state index is -0.982. The zero-order valence-electron chi connectivity index (χ0n) is 14.6. The van der Waals surface area contributed by atoms with Crippen LogP contribution in [0.1, 0.15) is 26.3 Å². The average molecular weight is 389 g/mol. The second kappa shape index (κ2) is 9.63. The lowest BCUT2D eigenvalue weighted by atomic mass is 10.0. The molecule has 0 aliphatic rings. The first-order chi connectivity index (χ1) is 11.7. The van der Waals surface area contributed by atoms with E-state index in [0.29, 0.717) is 15.6 Å². The number of amides is 2. The Balaban J connectivity index is 3.01. The lowest BCUT2D eigenvalue weighted by Crippen LogP contribution is -2.54. The summed E-state index contributed by atoms with van der Waals surface area (Å²) in [5.74, 6) is -1.61. The summed E-state index contributed by atoms with van der Waals surface area (Å²) in [5, 5.41) is 5.96.